The third-order valence-electron chi connectivity index (χ3n) is 2.97. The molecule has 2 amide bonds. The van der Waals surface area contributed by atoms with Gasteiger partial charge in [0, 0.05) is 18.0 Å². The lowest BCUT2D eigenvalue weighted by Crippen LogP contribution is -2.38. The van der Waals surface area contributed by atoms with Crippen molar-refractivity contribution in [3.8, 4) is 0 Å². The molecule has 0 bridgehead atoms. The molecular weight excluding hydrogens is 322 g/mol. The van der Waals surface area contributed by atoms with Gasteiger partial charge in [0.2, 0.25) is 10.0 Å². The van der Waals surface area contributed by atoms with E-state index in [4.69, 9.17) is 0 Å². The second-order valence-electron chi connectivity index (χ2n) is 4.92. The number of carbonyl (C=O) groups excluding carboxylic acids is 1. The molecule has 124 valence electrons. The Labute approximate surface area is 136 Å². The Hall–Kier alpha value is -1.25. The zero-order valence-electron chi connectivity index (χ0n) is 13.0. The van der Waals surface area contributed by atoms with E-state index >= 15 is 0 Å². The van der Waals surface area contributed by atoms with Gasteiger partial charge in [-0.15, -0.1) is 11.8 Å². The van der Waals surface area contributed by atoms with E-state index in [9.17, 15) is 13.2 Å². The minimum absolute atomic E-state index is 0.0925. The Morgan fingerprint density at radius 3 is 2.41 bits per heavy atom. The van der Waals surface area contributed by atoms with E-state index in [0.717, 1.165) is 11.8 Å². The molecule has 8 heteroatoms. The summed E-state index contributed by atoms with van der Waals surface area (Å²) in [5.41, 5.74) is 1.03. The summed E-state index contributed by atoms with van der Waals surface area (Å²) in [6.07, 6.45) is 3.66. The van der Waals surface area contributed by atoms with Crippen LogP contribution in [0.15, 0.2) is 29.2 Å². The van der Waals surface area contributed by atoms with E-state index in [2.05, 4.69) is 15.4 Å². The molecule has 0 fully saturated rings. The van der Waals surface area contributed by atoms with Gasteiger partial charge in [0.25, 0.3) is 0 Å². The largest absolute Gasteiger partial charge is 0.338 e. The predicted molar refractivity (Wildman–Crippen MR) is 90.6 cm³/mol. The average Bonchev–Trinajstić information content (AvgIpc) is 2.45. The van der Waals surface area contributed by atoms with Crippen molar-refractivity contribution in [1.29, 1.82) is 0 Å². The molecule has 3 N–H and O–H groups in total. The number of thioether (sulfide) groups is 1. The molecule has 1 atom stereocenters. The van der Waals surface area contributed by atoms with E-state index in [0.29, 0.717) is 19.5 Å². The third kappa shape index (κ3) is 7.67. The molecule has 22 heavy (non-hydrogen) atoms. The fourth-order valence-electron chi connectivity index (χ4n) is 1.77. The van der Waals surface area contributed by atoms with Crippen molar-refractivity contribution in [3.05, 3.63) is 29.8 Å². The van der Waals surface area contributed by atoms with Crippen molar-refractivity contribution in [2.75, 3.05) is 25.6 Å². The molecule has 0 unspecified atom stereocenters. The first-order chi connectivity index (χ1) is 10.3. The fourth-order valence-corrected chi connectivity index (χ4v) is 2.69. The fraction of sp³-hybridized carbons (Fsp3) is 0.500. The van der Waals surface area contributed by atoms with Crippen molar-refractivity contribution in [2.24, 2.45) is 0 Å². The lowest BCUT2D eigenvalue weighted by molar-refractivity contribution is 0.238. The van der Waals surface area contributed by atoms with E-state index in [-0.39, 0.29) is 12.1 Å². The van der Waals surface area contributed by atoms with Crippen LogP contribution in [0, 0.1) is 0 Å². The van der Waals surface area contributed by atoms with Crippen LogP contribution in [0.25, 0.3) is 0 Å². The van der Waals surface area contributed by atoms with Crippen LogP contribution in [0.2, 0.25) is 0 Å². The maximum absolute atomic E-state index is 11.7. The summed E-state index contributed by atoms with van der Waals surface area (Å²) in [6.45, 7) is 2.64. The Morgan fingerprint density at radius 1 is 1.23 bits per heavy atom. The molecule has 0 aliphatic carbocycles. The molecule has 1 rings (SSSR count). The summed E-state index contributed by atoms with van der Waals surface area (Å²) in [5, 5.41) is 5.55. The summed E-state index contributed by atoms with van der Waals surface area (Å²) in [7, 11) is -3.17. The predicted octanol–water partition coefficient (Wildman–Crippen LogP) is 1.71. The number of urea groups is 1. The molecule has 0 aliphatic heterocycles. The van der Waals surface area contributed by atoms with Crippen molar-refractivity contribution < 1.29 is 13.2 Å². The molecular formula is C14H23N3O3S2. The second-order valence-corrected chi connectivity index (χ2v) is 7.63. The number of rotatable bonds is 8. The van der Waals surface area contributed by atoms with Gasteiger partial charge in [-0.05, 0) is 37.3 Å². The monoisotopic (exact) mass is 345 g/mol. The Morgan fingerprint density at radius 2 is 1.86 bits per heavy atom. The van der Waals surface area contributed by atoms with Crippen LogP contribution < -0.4 is 15.4 Å². The van der Waals surface area contributed by atoms with E-state index in [1.807, 2.05) is 37.4 Å². The molecule has 0 spiro atoms. The van der Waals surface area contributed by atoms with Gasteiger partial charge >= 0.3 is 6.03 Å². The molecule has 0 aliphatic rings. The van der Waals surface area contributed by atoms with Gasteiger partial charge in [0.1, 0.15) is 0 Å². The normalized spacial score (nSPS) is 12.7. The zero-order chi connectivity index (χ0) is 16.6. The average molecular weight is 345 g/mol. The van der Waals surface area contributed by atoms with Crippen LogP contribution in [0.1, 0.15) is 24.9 Å². The first-order valence-electron chi connectivity index (χ1n) is 6.95. The Bertz CT molecular complexity index is 574. The molecule has 0 radical (unpaired) electrons. The minimum Gasteiger partial charge on any atom is -0.338 e. The summed E-state index contributed by atoms with van der Waals surface area (Å²) in [5.74, 6) is 0. The number of amides is 2. The van der Waals surface area contributed by atoms with Crippen molar-refractivity contribution in [2.45, 2.75) is 24.3 Å². The van der Waals surface area contributed by atoms with E-state index < -0.39 is 10.0 Å². The van der Waals surface area contributed by atoms with Gasteiger partial charge in [-0.1, -0.05) is 12.1 Å². The number of sulfonamides is 1. The SMILES string of the molecule is CSc1ccc([C@H](C)NC(=O)NCCCNS(C)(=O)=O)cc1. The second kappa shape index (κ2) is 9.02. The van der Waals surface area contributed by atoms with Crippen LogP contribution in [0.4, 0.5) is 4.79 Å². The number of hydrogen-bond donors (Lipinski definition) is 3. The number of carbonyl (C=O) groups is 1. The maximum atomic E-state index is 11.7. The quantitative estimate of drug-likeness (QED) is 0.494. The summed E-state index contributed by atoms with van der Waals surface area (Å²) in [6, 6.07) is 7.67. The molecule has 1 aromatic carbocycles. The van der Waals surface area contributed by atoms with Crippen molar-refractivity contribution in [3.63, 3.8) is 0 Å². The minimum atomic E-state index is -3.17. The van der Waals surface area contributed by atoms with Gasteiger partial charge in [0.05, 0.1) is 12.3 Å². The van der Waals surface area contributed by atoms with Crippen LogP contribution >= 0.6 is 11.8 Å². The van der Waals surface area contributed by atoms with Gasteiger partial charge < -0.3 is 10.6 Å². The molecule has 6 nitrogen and oxygen atoms in total. The molecule has 0 saturated carbocycles. The Kier molecular flexibility index (Phi) is 7.70. The third-order valence-corrected chi connectivity index (χ3v) is 4.44. The molecule has 0 saturated heterocycles. The van der Waals surface area contributed by atoms with Crippen LogP contribution in [-0.4, -0.2) is 40.0 Å². The first kappa shape index (κ1) is 18.8. The summed E-state index contributed by atoms with van der Waals surface area (Å²) < 4.78 is 24.1. The molecule has 0 aromatic heterocycles. The van der Waals surface area contributed by atoms with E-state index in [1.54, 1.807) is 11.8 Å². The van der Waals surface area contributed by atoms with Crippen LogP contribution in [0.3, 0.4) is 0 Å². The maximum Gasteiger partial charge on any atom is 0.315 e. The highest BCUT2D eigenvalue weighted by Crippen LogP contribution is 2.18. The van der Waals surface area contributed by atoms with Crippen LogP contribution in [0.5, 0.6) is 0 Å². The highest BCUT2D eigenvalue weighted by Gasteiger charge is 2.09. The van der Waals surface area contributed by atoms with Crippen molar-refractivity contribution >= 4 is 27.8 Å². The zero-order valence-corrected chi connectivity index (χ0v) is 14.7. The topological polar surface area (TPSA) is 87.3 Å². The van der Waals surface area contributed by atoms with Crippen LogP contribution in [-0.2, 0) is 10.0 Å². The van der Waals surface area contributed by atoms with Crippen molar-refractivity contribution in [1.82, 2.24) is 15.4 Å². The lowest BCUT2D eigenvalue weighted by Gasteiger charge is -2.15. The van der Waals surface area contributed by atoms with E-state index in [1.165, 1.54) is 4.90 Å². The highest BCUT2D eigenvalue weighted by atomic mass is 32.2. The van der Waals surface area contributed by atoms with Gasteiger partial charge in [-0.25, -0.2) is 17.9 Å². The smallest absolute Gasteiger partial charge is 0.315 e. The lowest BCUT2D eigenvalue weighted by atomic mass is 10.1. The number of benzene rings is 1. The highest BCUT2D eigenvalue weighted by molar-refractivity contribution is 7.98. The number of nitrogens with one attached hydrogen (secondary N) is 3. The number of hydrogen-bond acceptors (Lipinski definition) is 4. The molecule has 0 heterocycles. The Balaban J connectivity index is 2.28. The summed E-state index contributed by atoms with van der Waals surface area (Å²) >= 11 is 1.67. The summed E-state index contributed by atoms with van der Waals surface area (Å²) in [4.78, 5) is 12.9. The molecule has 1 aromatic rings. The van der Waals surface area contributed by atoms with Gasteiger partial charge in [-0.3, -0.25) is 0 Å². The standard InChI is InChI=1S/C14H23N3O3S2/c1-11(12-5-7-13(21-2)8-6-12)17-14(18)15-9-4-10-16-22(3,19)20/h5-8,11,16H,4,9-10H2,1-3H3,(H2,15,17,18)/t11-/m0/s1. The first-order valence-corrected chi connectivity index (χ1v) is 10.1. The van der Waals surface area contributed by atoms with Gasteiger partial charge in [0.15, 0.2) is 0 Å². The van der Waals surface area contributed by atoms with Gasteiger partial charge in [-0.2, -0.15) is 0 Å².